The zero-order chi connectivity index (χ0) is 15.5. The van der Waals surface area contributed by atoms with Crippen LogP contribution in [0.3, 0.4) is 0 Å². The number of piperazine rings is 1. The Morgan fingerprint density at radius 2 is 1.76 bits per heavy atom. The maximum atomic E-state index is 12.6. The van der Waals surface area contributed by atoms with Gasteiger partial charge in [-0.25, -0.2) is 8.42 Å². The average Bonchev–Trinajstić information content (AvgIpc) is 2.54. The number of rotatable bonds is 5. The van der Waals surface area contributed by atoms with Crippen molar-refractivity contribution in [3.05, 3.63) is 24.3 Å². The molecule has 1 fully saturated rings. The van der Waals surface area contributed by atoms with E-state index in [0.29, 0.717) is 29.7 Å². The number of sulfonamides is 1. The summed E-state index contributed by atoms with van der Waals surface area (Å²) >= 11 is 0. The van der Waals surface area contributed by atoms with Crippen molar-refractivity contribution in [2.75, 3.05) is 31.6 Å². The van der Waals surface area contributed by atoms with Crippen molar-refractivity contribution in [3.63, 3.8) is 0 Å². The fourth-order valence-corrected chi connectivity index (χ4v) is 3.94. The van der Waals surface area contributed by atoms with Gasteiger partial charge in [0.25, 0.3) is 0 Å². The molecule has 21 heavy (non-hydrogen) atoms. The largest absolute Gasteiger partial charge is 0.324 e. The monoisotopic (exact) mass is 312 g/mol. The maximum absolute atomic E-state index is 12.6. The SMILES string of the molecule is CCC(C)N1CCN(S(=O)(=O)c2ccc(NN)cc2)CC1. The molecule has 0 amide bonds. The van der Waals surface area contributed by atoms with Gasteiger partial charge < -0.3 is 5.43 Å². The second-order valence-electron chi connectivity index (χ2n) is 5.37. The van der Waals surface area contributed by atoms with E-state index in [0.717, 1.165) is 19.5 Å². The summed E-state index contributed by atoms with van der Waals surface area (Å²) in [6.07, 6.45) is 1.08. The Labute approximate surface area is 126 Å². The molecule has 0 spiro atoms. The van der Waals surface area contributed by atoms with Crippen LogP contribution in [-0.2, 0) is 10.0 Å². The van der Waals surface area contributed by atoms with Crippen molar-refractivity contribution < 1.29 is 8.42 Å². The van der Waals surface area contributed by atoms with E-state index < -0.39 is 10.0 Å². The summed E-state index contributed by atoms with van der Waals surface area (Å²) in [5, 5.41) is 0. The van der Waals surface area contributed by atoms with Crippen molar-refractivity contribution in [1.82, 2.24) is 9.21 Å². The fraction of sp³-hybridized carbons (Fsp3) is 0.571. The number of hydrazine groups is 1. The highest BCUT2D eigenvalue weighted by molar-refractivity contribution is 7.89. The maximum Gasteiger partial charge on any atom is 0.243 e. The lowest BCUT2D eigenvalue weighted by molar-refractivity contribution is 0.142. The van der Waals surface area contributed by atoms with Crippen LogP contribution in [0.4, 0.5) is 5.69 Å². The quantitative estimate of drug-likeness (QED) is 0.628. The van der Waals surface area contributed by atoms with Crippen molar-refractivity contribution in [2.24, 2.45) is 5.84 Å². The minimum atomic E-state index is -3.40. The summed E-state index contributed by atoms with van der Waals surface area (Å²) in [7, 11) is -3.40. The number of hydrogen-bond donors (Lipinski definition) is 2. The Morgan fingerprint density at radius 3 is 2.24 bits per heavy atom. The molecule has 6 nitrogen and oxygen atoms in total. The van der Waals surface area contributed by atoms with Gasteiger partial charge in [0, 0.05) is 37.9 Å². The molecule has 3 N–H and O–H groups in total. The number of benzene rings is 1. The van der Waals surface area contributed by atoms with E-state index in [-0.39, 0.29) is 0 Å². The molecule has 1 heterocycles. The third kappa shape index (κ3) is 3.55. The van der Waals surface area contributed by atoms with Gasteiger partial charge in [-0.3, -0.25) is 10.7 Å². The van der Waals surface area contributed by atoms with Crippen LogP contribution in [0.1, 0.15) is 20.3 Å². The Kier molecular flexibility index (Phi) is 5.21. The molecule has 0 saturated carbocycles. The van der Waals surface area contributed by atoms with Crippen LogP contribution in [0.15, 0.2) is 29.2 Å². The second-order valence-corrected chi connectivity index (χ2v) is 7.30. The number of nitrogens with two attached hydrogens (primary N) is 1. The zero-order valence-corrected chi connectivity index (χ0v) is 13.4. The Morgan fingerprint density at radius 1 is 1.19 bits per heavy atom. The molecular weight excluding hydrogens is 288 g/mol. The normalized spacial score (nSPS) is 19.4. The highest BCUT2D eigenvalue weighted by Crippen LogP contribution is 2.20. The molecule has 0 aromatic heterocycles. The predicted molar refractivity (Wildman–Crippen MR) is 84.3 cm³/mol. The molecule has 1 aliphatic rings. The third-order valence-corrected chi connectivity index (χ3v) is 6.06. The molecule has 1 aliphatic heterocycles. The fourth-order valence-electron chi connectivity index (χ4n) is 2.52. The lowest BCUT2D eigenvalue weighted by Gasteiger charge is -2.37. The number of hydrogen-bond acceptors (Lipinski definition) is 5. The third-order valence-electron chi connectivity index (χ3n) is 4.15. The van der Waals surface area contributed by atoms with Gasteiger partial charge in [-0.2, -0.15) is 4.31 Å². The van der Waals surface area contributed by atoms with E-state index in [1.165, 1.54) is 0 Å². The van der Waals surface area contributed by atoms with E-state index in [4.69, 9.17) is 5.84 Å². The van der Waals surface area contributed by atoms with Crippen LogP contribution >= 0.6 is 0 Å². The first kappa shape index (κ1) is 16.2. The molecule has 1 aromatic carbocycles. The Bertz CT molecular complexity index is 551. The summed E-state index contributed by atoms with van der Waals surface area (Å²) in [5.74, 6) is 5.29. The van der Waals surface area contributed by atoms with Crippen molar-refractivity contribution >= 4 is 15.7 Å². The summed E-state index contributed by atoms with van der Waals surface area (Å²) in [6, 6.07) is 7.02. The second kappa shape index (κ2) is 6.74. The van der Waals surface area contributed by atoms with Gasteiger partial charge in [-0.1, -0.05) is 6.92 Å². The molecule has 0 aliphatic carbocycles. The molecule has 1 atom stereocenters. The van der Waals surface area contributed by atoms with E-state index in [1.54, 1.807) is 28.6 Å². The highest BCUT2D eigenvalue weighted by Gasteiger charge is 2.29. The van der Waals surface area contributed by atoms with Gasteiger partial charge in [0.2, 0.25) is 10.0 Å². The van der Waals surface area contributed by atoms with E-state index in [9.17, 15) is 8.42 Å². The molecule has 2 rings (SSSR count). The van der Waals surface area contributed by atoms with Crippen LogP contribution in [0.2, 0.25) is 0 Å². The molecular formula is C14H24N4O2S. The first-order valence-electron chi connectivity index (χ1n) is 7.30. The Balaban J connectivity index is 2.07. The van der Waals surface area contributed by atoms with Crippen molar-refractivity contribution in [3.8, 4) is 0 Å². The first-order valence-corrected chi connectivity index (χ1v) is 8.74. The van der Waals surface area contributed by atoms with Gasteiger partial charge in [0.15, 0.2) is 0 Å². The standard InChI is InChI=1S/C14H24N4O2S/c1-3-12(2)17-8-10-18(11-9-17)21(19,20)14-6-4-13(16-15)5-7-14/h4-7,12,16H,3,8-11,15H2,1-2H3. The zero-order valence-electron chi connectivity index (χ0n) is 12.6. The van der Waals surface area contributed by atoms with Crippen LogP contribution in [-0.4, -0.2) is 49.8 Å². The van der Waals surface area contributed by atoms with Gasteiger partial charge in [0.05, 0.1) is 4.90 Å². The van der Waals surface area contributed by atoms with Gasteiger partial charge in [-0.05, 0) is 37.6 Å². The topological polar surface area (TPSA) is 78.7 Å². The van der Waals surface area contributed by atoms with E-state index in [2.05, 4.69) is 24.2 Å². The summed E-state index contributed by atoms with van der Waals surface area (Å²) in [6.45, 7) is 7.00. The summed E-state index contributed by atoms with van der Waals surface area (Å²) in [5.41, 5.74) is 3.19. The van der Waals surface area contributed by atoms with Crippen LogP contribution < -0.4 is 11.3 Å². The smallest absolute Gasteiger partial charge is 0.243 e. The lowest BCUT2D eigenvalue weighted by atomic mass is 10.2. The minimum absolute atomic E-state index is 0.318. The molecule has 1 aromatic rings. The number of nitrogens with one attached hydrogen (secondary N) is 1. The molecule has 0 bridgehead atoms. The van der Waals surface area contributed by atoms with Crippen LogP contribution in [0.25, 0.3) is 0 Å². The Hall–Kier alpha value is -1.15. The number of anilines is 1. The van der Waals surface area contributed by atoms with E-state index >= 15 is 0 Å². The average molecular weight is 312 g/mol. The molecule has 7 heteroatoms. The lowest BCUT2D eigenvalue weighted by Crippen LogP contribution is -2.51. The number of nitrogens with zero attached hydrogens (tertiary/aromatic N) is 2. The van der Waals surface area contributed by atoms with Crippen LogP contribution in [0.5, 0.6) is 0 Å². The van der Waals surface area contributed by atoms with Gasteiger partial charge in [-0.15, -0.1) is 0 Å². The molecule has 1 unspecified atom stereocenters. The molecule has 118 valence electrons. The van der Waals surface area contributed by atoms with Gasteiger partial charge in [0.1, 0.15) is 0 Å². The first-order chi connectivity index (χ1) is 9.98. The van der Waals surface area contributed by atoms with Crippen molar-refractivity contribution in [2.45, 2.75) is 31.2 Å². The predicted octanol–water partition coefficient (Wildman–Crippen LogP) is 1.08. The summed E-state index contributed by atoms with van der Waals surface area (Å²) in [4.78, 5) is 2.66. The molecule has 0 radical (unpaired) electrons. The highest BCUT2D eigenvalue weighted by atomic mass is 32.2. The van der Waals surface area contributed by atoms with Crippen LogP contribution in [0, 0.1) is 0 Å². The summed E-state index contributed by atoms with van der Waals surface area (Å²) < 4.78 is 26.7. The van der Waals surface area contributed by atoms with E-state index in [1.807, 2.05) is 0 Å². The number of nitrogen functional groups attached to an aromatic ring is 1. The van der Waals surface area contributed by atoms with Crippen molar-refractivity contribution in [1.29, 1.82) is 0 Å². The molecule has 1 saturated heterocycles. The minimum Gasteiger partial charge on any atom is -0.324 e. The van der Waals surface area contributed by atoms with Gasteiger partial charge >= 0.3 is 0 Å².